The number of benzene rings is 2. The minimum Gasteiger partial charge on any atom is -0.364 e. The Morgan fingerprint density at radius 1 is 1.04 bits per heavy atom. The Hall–Kier alpha value is -2.66. The SMILES string of the molecule is O=C(COCc1nc2ccccc2[nH]1)N1CCc2ccccc2CC1. The Kier molecular flexibility index (Phi) is 4.48. The van der Waals surface area contributed by atoms with Gasteiger partial charge in [0.25, 0.3) is 0 Å². The van der Waals surface area contributed by atoms with Crippen LogP contribution in [0, 0.1) is 0 Å². The van der Waals surface area contributed by atoms with Crippen molar-refractivity contribution in [2.45, 2.75) is 19.4 Å². The number of fused-ring (bicyclic) bond motifs is 2. The van der Waals surface area contributed by atoms with Crippen molar-refractivity contribution in [1.29, 1.82) is 0 Å². The van der Waals surface area contributed by atoms with Crippen molar-refractivity contribution < 1.29 is 9.53 Å². The van der Waals surface area contributed by atoms with Crippen molar-refractivity contribution >= 4 is 16.9 Å². The van der Waals surface area contributed by atoms with E-state index in [-0.39, 0.29) is 12.5 Å². The zero-order chi connectivity index (χ0) is 17.1. The number of carbonyl (C=O) groups is 1. The van der Waals surface area contributed by atoms with Crippen LogP contribution in [0.25, 0.3) is 11.0 Å². The summed E-state index contributed by atoms with van der Waals surface area (Å²) in [5.74, 6) is 0.793. The molecule has 0 unspecified atom stereocenters. The second-order valence-electron chi connectivity index (χ2n) is 6.34. The summed E-state index contributed by atoms with van der Waals surface area (Å²) in [6, 6.07) is 16.3. The number of hydrogen-bond donors (Lipinski definition) is 1. The van der Waals surface area contributed by atoms with Crippen molar-refractivity contribution in [3.63, 3.8) is 0 Å². The second kappa shape index (κ2) is 7.07. The zero-order valence-electron chi connectivity index (χ0n) is 14.1. The number of amides is 1. The molecule has 0 saturated heterocycles. The highest BCUT2D eigenvalue weighted by molar-refractivity contribution is 5.77. The first-order chi connectivity index (χ1) is 12.3. The maximum absolute atomic E-state index is 12.4. The fourth-order valence-corrected chi connectivity index (χ4v) is 3.32. The number of ether oxygens (including phenoxy) is 1. The average Bonchev–Trinajstić information content (AvgIpc) is 2.92. The lowest BCUT2D eigenvalue weighted by Crippen LogP contribution is -2.36. The number of nitrogens with one attached hydrogen (secondary N) is 1. The van der Waals surface area contributed by atoms with Crippen LogP contribution in [0.1, 0.15) is 17.0 Å². The standard InChI is InChI=1S/C20H21N3O2/c24-20(23-11-9-15-5-1-2-6-16(15)10-12-23)14-25-13-19-21-17-7-3-4-8-18(17)22-19/h1-8H,9-14H2,(H,21,22). The van der Waals surface area contributed by atoms with Crippen LogP contribution in [0.15, 0.2) is 48.5 Å². The van der Waals surface area contributed by atoms with Gasteiger partial charge in [-0.15, -0.1) is 0 Å². The molecule has 5 heteroatoms. The van der Waals surface area contributed by atoms with E-state index in [0.717, 1.165) is 42.8 Å². The van der Waals surface area contributed by atoms with E-state index in [0.29, 0.717) is 6.61 Å². The quantitative estimate of drug-likeness (QED) is 0.797. The van der Waals surface area contributed by atoms with Crippen molar-refractivity contribution in [3.05, 3.63) is 65.5 Å². The fraction of sp³-hybridized carbons (Fsp3) is 0.300. The van der Waals surface area contributed by atoms with Crippen molar-refractivity contribution in [2.24, 2.45) is 0 Å². The van der Waals surface area contributed by atoms with Gasteiger partial charge in [0.05, 0.1) is 11.0 Å². The first-order valence-corrected chi connectivity index (χ1v) is 8.65. The number of carbonyl (C=O) groups excluding carboxylic acids is 1. The van der Waals surface area contributed by atoms with E-state index in [1.54, 1.807) is 0 Å². The molecule has 5 nitrogen and oxygen atoms in total. The molecule has 0 fully saturated rings. The second-order valence-corrected chi connectivity index (χ2v) is 6.34. The van der Waals surface area contributed by atoms with Crippen LogP contribution in [-0.2, 0) is 29.0 Å². The molecule has 1 aromatic heterocycles. The summed E-state index contributed by atoms with van der Waals surface area (Å²) in [7, 11) is 0. The maximum atomic E-state index is 12.4. The number of nitrogens with zero attached hydrogens (tertiary/aromatic N) is 2. The van der Waals surface area contributed by atoms with Crippen molar-refractivity contribution in [2.75, 3.05) is 19.7 Å². The third-order valence-corrected chi connectivity index (χ3v) is 4.68. The molecule has 0 radical (unpaired) electrons. The lowest BCUT2D eigenvalue weighted by molar-refractivity contribution is -0.136. The van der Waals surface area contributed by atoms with Crippen LogP contribution in [0.3, 0.4) is 0 Å². The van der Waals surface area contributed by atoms with E-state index in [1.165, 1.54) is 11.1 Å². The Labute approximate surface area is 146 Å². The summed E-state index contributed by atoms with van der Waals surface area (Å²) < 4.78 is 5.60. The van der Waals surface area contributed by atoms with Gasteiger partial charge < -0.3 is 14.6 Å². The number of rotatable bonds is 4. The first kappa shape index (κ1) is 15.8. The van der Waals surface area contributed by atoms with Crippen molar-refractivity contribution in [1.82, 2.24) is 14.9 Å². The van der Waals surface area contributed by atoms with Gasteiger partial charge in [0, 0.05) is 13.1 Å². The number of hydrogen-bond acceptors (Lipinski definition) is 3. The van der Waals surface area contributed by atoms with E-state index in [4.69, 9.17) is 4.74 Å². The summed E-state index contributed by atoms with van der Waals surface area (Å²) in [4.78, 5) is 22.0. The molecular weight excluding hydrogens is 314 g/mol. The Morgan fingerprint density at radius 2 is 1.72 bits per heavy atom. The number of para-hydroxylation sites is 2. The van der Waals surface area contributed by atoms with Crippen LogP contribution < -0.4 is 0 Å². The van der Waals surface area contributed by atoms with Crippen LogP contribution >= 0.6 is 0 Å². The lowest BCUT2D eigenvalue weighted by Gasteiger charge is -2.20. The molecule has 0 atom stereocenters. The topological polar surface area (TPSA) is 58.2 Å². The smallest absolute Gasteiger partial charge is 0.248 e. The highest BCUT2D eigenvalue weighted by Gasteiger charge is 2.18. The normalized spacial score (nSPS) is 14.3. The molecule has 1 amide bonds. The van der Waals surface area contributed by atoms with Crippen molar-refractivity contribution in [3.8, 4) is 0 Å². The minimum absolute atomic E-state index is 0.0453. The van der Waals surface area contributed by atoms with Gasteiger partial charge in [-0.05, 0) is 36.1 Å². The highest BCUT2D eigenvalue weighted by atomic mass is 16.5. The molecule has 25 heavy (non-hydrogen) atoms. The van der Waals surface area contributed by atoms with Gasteiger partial charge in [-0.1, -0.05) is 36.4 Å². The van der Waals surface area contributed by atoms with E-state index in [2.05, 4.69) is 34.2 Å². The van der Waals surface area contributed by atoms with Crippen LogP contribution in [-0.4, -0.2) is 40.5 Å². The number of aromatic nitrogens is 2. The fourth-order valence-electron chi connectivity index (χ4n) is 3.32. The Bertz CT molecular complexity index is 827. The van der Waals surface area contributed by atoms with E-state index >= 15 is 0 Å². The molecule has 128 valence electrons. The molecule has 0 spiro atoms. The van der Waals surface area contributed by atoms with Gasteiger partial charge in [0.2, 0.25) is 5.91 Å². The van der Waals surface area contributed by atoms with Crippen LogP contribution in [0.2, 0.25) is 0 Å². The largest absolute Gasteiger partial charge is 0.364 e. The molecule has 0 saturated carbocycles. The summed E-state index contributed by atoms with van der Waals surface area (Å²) in [6.07, 6.45) is 1.82. The van der Waals surface area contributed by atoms with Gasteiger partial charge in [-0.2, -0.15) is 0 Å². The monoisotopic (exact) mass is 335 g/mol. The van der Waals surface area contributed by atoms with Gasteiger partial charge >= 0.3 is 0 Å². The van der Waals surface area contributed by atoms with Crippen LogP contribution in [0.4, 0.5) is 0 Å². The summed E-state index contributed by atoms with van der Waals surface area (Å²) in [5.41, 5.74) is 4.59. The predicted octanol–water partition coefficient (Wildman–Crippen LogP) is 2.71. The van der Waals surface area contributed by atoms with Gasteiger partial charge in [-0.3, -0.25) is 4.79 Å². The summed E-state index contributed by atoms with van der Waals surface area (Å²) >= 11 is 0. The molecule has 0 aliphatic carbocycles. The molecule has 0 bridgehead atoms. The lowest BCUT2D eigenvalue weighted by atomic mass is 10.0. The zero-order valence-corrected chi connectivity index (χ0v) is 14.1. The summed E-state index contributed by atoms with van der Waals surface area (Å²) in [5, 5.41) is 0. The molecule has 2 heterocycles. The number of aromatic amines is 1. The minimum atomic E-state index is 0.0453. The molecule has 1 N–H and O–H groups in total. The van der Waals surface area contributed by atoms with Gasteiger partial charge in [-0.25, -0.2) is 4.98 Å². The van der Waals surface area contributed by atoms with Crippen LogP contribution in [0.5, 0.6) is 0 Å². The number of H-pyrrole nitrogens is 1. The van der Waals surface area contributed by atoms with Gasteiger partial charge in [0.1, 0.15) is 19.0 Å². The molecule has 4 rings (SSSR count). The molecule has 3 aromatic rings. The summed E-state index contributed by atoms with van der Waals surface area (Å²) in [6.45, 7) is 1.91. The highest BCUT2D eigenvalue weighted by Crippen LogP contribution is 2.16. The average molecular weight is 335 g/mol. The Morgan fingerprint density at radius 3 is 2.44 bits per heavy atom. The predicted molar refractivity (Wildman–Crippen MR) is 96.2 cm³/mol. The van der Waals surface area contributed by atoms with E-state index in [1.807, 2.05) is 29.2 Å². The molecule has 1 aliphatic rings. The molecule has 2 aromatic carbocycles. The van der Waals surface area contributed by atoms with E-state index < -0.39 is 0 Å². The third-order valence-electron chi connectivity index (χ3n) is 4.68. The molecular formula is C20H21N3O2. The van der Waals surface area contributed by atoms with E-state index in [9.17, 15) is 4.79 Å². The maximum Gasteiger partial charge on any atom is 0.248 e. The first-order valence-electron chi connectivity index (χ1n) is 8.65. The van der Waals surface area contributed by atoms with Gasteiger partial charge in [0.15, 0.2) is 0 Å². The Balaban J connectivity index is 1.30. The third kappa shape index (κ3) is 3.56. The molecule has 1 aliphatic heterocycles. The number of imidazole rings is 1.